The maximum atomic E-state index is 10.3. The lowest BCUT2D eigenvalue weighted by atomic mass is 10.2. The van der Waals surface area contributed by atoms with Crippen LogP contribution in [-0.2, 0) is 4.79 Å². The van der Waals surface area contributed by atoms with Crippen molar-refractivity contribution in [3.05, 3.63) is 53.7 Å². The quantitative estimate of drug-likeness (QED) is 0.447. The number of allylic oxidation sites excluding steroid dienone is 1. The normalized spacial score (nSPS) is 10.6. The molecule has 3 nitrogen and oxygen atoms in total. The molecule has 0 heterocycles. The lowest BCUT2D eigenvalue weighted by Crippen LogP contribution is -1.99. The summed E-state index contributed by atoms with van der Waals surface area (Å²) in [6.45, 7) is 8.00. The van der Waals surface area contributed by atoms with Crippen LogP contribution in [0.25, 0.3) is 4.91 Å². The number of aliphatic carboxylic acids is 1. The van der Waals surface area contributed by atoms with E-state index in [-0.39, 0.29) is 5.70 Å². The van der Waals surface area contributed by atoms with Crippen molar-refractivity contribution in [2.45, 2.75) is 27.7 Å². The second-order valence-electron chi connectivity index (χ2n) is 2.88. The first-order valence-corrected chi connectivity index (χ1v) is 6.70. The van der Waals surface area contributed by atoms with Crippen molar-refractivity contribution in [3.8, 4) is 0 Å². The summed E-state index contributed by atoms with van der Waals surface area (Å²) in [5.74, 6) is -1.07. The van der Waals surface area contributed by atoms with E-state index in [0.717, 1.165) is 11.6 Å². The lowest BCUT2D eigenvalue weighted by Gasteiger charge is -1.99. The standard InChI is InChI=1S/C11H11NO2S.2C2H6/c12-9(7-11(13)14)6-10(15)8-4-2-1-3-5-8;2*1-2/h1-7,15H,12H2,(H,13,14);2*1-2H3/b9-7-,10-6-;;. The van der Waals surface area contributed by atoms with Crippen LogP contribution in [0.1, 0.15) is 33.3 Å². The van der Waals surface area contributed by atoms with Gasteiger partial charge in [0.2, 0.25) is 0 Å². The Morgan fingerprint density at radius 1 is 1.11 bits per heavy atom. The van der Waals surface area contributed by atoms with E-state index in [1.807, 2.05) is 58.0 Å². The van der Waals surface area contributed by atoms with Gasteiger partial charge in [-0.05, 0) is 11.6 Å². The fourth-order valence-electron chi connectivity index (χ4n) is 1.03. The molecule has 1 aromatic carbocycles. The molecule has 0 spiro atoms. The number of carboxylic acids is 1. The van der Waals surface area contributed by atoms with Crippen molar-refractivity contribution in [1.82, 2.24) is 0 Å². The van der Waals surface area contributed by atoms with Crippen LogP contribution in [0.4, 0.5) is 0 Å². The maximum Gasteiger partial charge on any atom is 0.330 e. The van der Waals surface area contributed by atoms with E-state index in [4.69, 9.17) is 10.8 Å². The first kappa shape index (κ1) is 19.7. The van der Waals surface area contributed by atoms with E-state index in [2.05, 4.69) is 12.6 Å². The summed E-state index contributed by atoms with van der Waals surface area (Å²) in [5, 5.41) is 8.46. The zero-order chi connectivity index (χ0) is 15.3. The number of hydrogen-bond acceptors (Lipinski definition) is 3. The Hall–Kier alpha value is -1.68. The van der Waals surface area contributed by atoms with Crippen molar-refractivity contribution in [3.63, 3.8) is 0 Å². The molecule has 0 atom stereocenters. The molecule has 0 radical (unpaired) electrons. The van der Waals surface area contributed by atoms with Gasteiger partial charge >= 0.3 is 5.97 Å². The summed E-state index contributed by atoms with van der Waals surface area (Å²) < 4.78 is 0. The maximum absolute atomic E-state index is 10.3. The summed E-state index contributed by atoms with van der Waals surface area (Å²) in [4.78, 5) is 10.9. The van der Waals surface area contributed by atoms with Crippen LogP contribution in [0.5, 0.6) is 0 Å². The SMILES string of the molecule is CC.CC.NC(=C\C(=O)O)/C=C(\S)c1ccccc1. The highest BCUT2D eigenvalue weighted by Crippen LogP contribution is 2.18. The summed E-state index contributed by atoms with van der Waals surface area (Å²) in [5.41, 5.74) is 6.52. The van der Waals surface area contributed by atoms with Crippen LogP contribution in [0.15, 0.2) is 48.2 Å². The van der Waals surface area contributed by atoms with Crippen LogP contribution in [0.2, 0.25) is 0 Å². The zero-order valence-corrected chi connectivity index (χ0v) is 12.8. The molecule has 3 N–H and O–H groups in total. The van der Waals surface area contributed by atoms with Crippen molar-refractivity contribution in [2.24, 2.45) is 5.73 Å². The highest BCUT2D eigenvalue weighted by molar-refractivity contribution is 7.90. The Kier molecular flexibility index (Phi) is 13.2. The molecule has 0 unspecified atom stereocenters. The van der Waals surface area contributed by atoms with Gasteiger partial charge < -0.3 is 10.8 Å². The molecule has 0 aliphatic rings. The molecule has 0 saturated carbocycles. The average Bonchev–Trinajstić information content (AvgIpc) is 2.43. The average molecular weight is 281 g/mol. The van der Waals surface area contributed by atoms with Gasteiger partial charge in [-0.15, -0.1) is 12.6 Å². The van der Waals surface area contributed by atoms with E-state index in [9.17, 15) is 4.79 Å². The van der Waals surface area contributed by atoms with Gasteiger partial charge in [0.15, 0.2) is 0 Å². The summed E-state index contributed by atoms with van der Waals surface area (Å²) in [7, 11) is 0. The third-order valence-electron chi connectivity index (χ3n) is 1.66. The molecule has 0 bridgehead atoms. The van der Waals surface area contributed by atoms with Gasteiger partial charge in [0, 0.05) is 16.7 Å². The van der Waals surface area contributed by atoms with Crippen molar-refractivity contribution >= 4 is 23.5 Å². The molecule has 1 rings (SSSR count). The number of carbonyl (C=O) groups is 1. The van der Waals surface area contributed by atoms with Gasteiger partial charge in [0.1, 0.15) is 0 Å². The van der Waals surface area contributed by atoms with Crippen LogP contribution < -0.4 is 5.73 Å². The van der Waals surface area contributed by atoms with E-state index in [1.165, 1.54) is 6.08 Å². The molecular weight excluding hydrogens is 258 g/mol. The van der Waals surface area contributed by atoms with Gasteiger partial charge in [-0.25, -0.2) is 4.79 Å². The van der Waals surface area contributed by atoms with Gasteiger partial charge in [0.05, 0.1) is 0 Å². The number of benzene rings is 1. The lowest BCUT2D eigenvalue weighted by molar-refractivity contribution is -0.131. The minimum atomic E-state index is -1.07. The smallest absolute Gasteiger partial charge is 0.330 e. The predicted molar refractivity (Wildman–Crippen MR) is 86.0 cm³/mol. The summed E-state index contributed by atoms with van der Waals surface area (Å²) >= 11 is 4.23. The van der Waals surface area contributed by atoms with E-state index in [0.29, 0.717) is 4.91 Å². The molecule has 4 heteroatoms. The van der Waals surface area contributed by atoms with Crippen LogP contribution >= 0.6 is 12.6 Å². The van der Waals surface area contributed by atoms with E-state index in [1.54, 1.807) is 0 Å². The second-order valence-corrected chi connectivity index (χ2v) is 3.36. The Balaban J connectivity index is 0. The molecular formula is C15H23NO2S. The van der Waals surface area contributed by atoms with E-state index >= 15 is 0 Å². The zero-order valence-electron chi connectivity index (χ0n) is 11.9. The minimum Gasteiger partial charge on any atom is -0.478 e. The Morgan fingerprint density at radius 3 is 2.00 bits per heavy atom. The highest BCUT2D eigenvalue weighted by Gasteiger charge is 1.97. The number of rotatable bonds is 3. The molecule has 1 aromatic rings. The first-order chi connectivity index (χ1) is 9.09. The fraction of sp³-hybridized carbons (Fsp3) is 0.267. The molecule has 106 valence electrons. The first-order valence-electron chi connectivity index (χ1n) is 6.26. The van der Waals surface area contributed by atoms with Gasteiger partial charge in [0.25, 0.3) is 0 Å². The molecule has 0 aliphatic heterocycles. The van der Waals surface area contributed by atoms with Crippen molar-refractivity contribution in [1.29, 1.82) is 0 Å². The van der Waals surface area contributed by atoms with Crippen LogP contribution in [-0.4, -0.2) is 11.1 Å². The number of carboxylic acid groups (broad SMARTS) is 1. The molecule has 0 saturated heterocycles. The minimum absolute atomic E-state index is 0.163. The van der Waals surface area contributed by atoms with Crippen molar-refractivity contribution < 1.29 is 9.90 Å². The van der Waals surface area contributed by atoms with Crippen LogP contribution in [0, 0.1) is 0 Å². The Labute approximate surface area is 121 Å². The predicted octanol–water partition coefficient (Wildman–Crippen LogP) is 3.94. The summed E-state index contributed by atoms with van der Waals surface area (Å²) in [6.07, 6.45) is 2.44. The molecule has 0 aromatic heterocycles. The van der Waals surface area contributed by atoms with Crippen molar-refractivity contribution in [2.75, 3.05) is 0 Å². The molecule has 0 amide bonds. The monoisotopic (exact) mass is 281 g/mol. The highest BCUT2D eigenvalue weighted by atomic mass is 32.1. The van der Waals surface area contributed by atoms with Gasteiger partial charge in [-0.3, -0.25) is 0 Å². The second kappa shape index (κ2) is 12.8. The van der Waals surface area contributed by atoms with E-state index < -0.39 is 5.97 Å². The summed E-state index contributed by atoms with van der Waals surface area (Å²) in [6, 6.07) is 9.37. The fourth-order valence-corrected chi connectivity index (χ4v) is 1.33. The number of thiol groups is 1. The third kappa shape index (κ3) is 9.97. The van der Waals surface area contributed by atoms with Crippen LogP contribution in [0.3, 0.4) is 0 Å². The topological polar surface area (TPSA) is 63.3 Å². The molecule has 0 aliphatic carbocycles. The Morgan fingerprint density at radius 2 is 1.58 bits per heavy atom. The largest absolute Gasteiger partial charge is 0.478 e. The third-order valence-corrected chi connectivity index (χ3v) is 2.05. The molecule has 0 fully saturated rings. The number of hydrogen-bond donors (Lipinski definition) is 3. The number of nitrogens with two attached hydrogens (primary N) is 1. The van der Waals surface area contributed by atoms with Gasteiger partial charge in [-0.2, -0.15) is 0 Å². The molecule has 19 heavy (non-hydrogen) atoms. The Bertz CT molecular complexity index is 411. The van der Waals surface area contributed by atoms with Gasteiger partial charge in [-0.1, -0.05) is 58.0 Å².